The summed E-state index contributed by atoms with van der Waals surface area (Å²) in [5.41, 5.74) is 0. The van der Waals surface area contributed by atoms with Gasteiger partial charge >= 0.3 is 0 Å². The van der Waals surface area contributed by atoms with Gasteiger partial charge in [0.05, 0.1) is 20.1 Å². The number of methoxy groups -OCH3 is 1. The minimum absolute atomic E-state index is 0.0758. The van der Waals surface area contributed by atoms with Crippen LogP contribution >= 0.6 is 0 Å². The van der Waals surface area contributed by atoms with Gasteiger partial charge in [-0.15, -0.1) is 0 Å². The Balaban J connectivity index is 2.23. The van der Waals surface area contributed by atoms with E-state index in [1.54, 1.807) is 7.11 Å². The summed E-state index contributed by atoms with van der Waals surface area (Å²) in [6.07, 6.45) is 0.809. The molecule has 0 aromatic carbocycles. The van der Waals surface area contributed by atoms with Crippen molar-refractivity contribution >= 4 is 7.85 Å². The molecule has 1 rings (SSSR count). The van der Waals surface area contributed by atoms with E-state index in [2.05, 4.69) is 0 Å². The second-order valence-electron chi connectivity index (χ2n) is 2.91. The lowest BCUT2D eigenvalue weighted by Crippen LogP contribution is -2.23. The average Bonchev–Trinajstić information content (AvgIpc) is 2.26. The molecular formula is C7H13BO3. The monoisotopic (exact) mass is 156 g/mol. The molecule has 0 aromatic heterocycles. The van der Waals surface area contributed by atoms with Gasteiger partial charge in [0.2, 0.25) is 0 Å². The molecule has 0 spiro atoms. The largest absolute Gasteiger partial charge is 0.390 e. The minimum atomic E-state index is -0.417. The van der Waals surface area contributed by atoms with E-state index in [1.165, 1.54) is 0 Å². The molecule has 1 saturated carbocycles. The molecule has 0 amide bonds. The molecule has 3 atom stereocenters. The summed E-state index contributed by atoms with van der Waals surface area (Å²) in [5, 5.41) is 9.33. The first-order chi connectivity index (χ1) is 5.24. The van der Waals surface area contributed by atoms with Crippen molar-refractivity contribution in [2.24, 2.45) is 0 Å². The van der Waals surface area contributed by atoms with Gasteiger partial charge in [0.15, 0.2) is 0 Å². The number of hydrogen-bond acceptors (Lipinski definition) is 3. The third kappa shape index (κ3) is 2.47. The van der Waals surface area contributed by atoms with E-state index in [0.717, 1.165) is 6.42 Å². The van der Waals surface area contributed by atoms with Gasteiger partial charge in [-0.25, -0.2) is 0 Å². The van der Waals surface area contributed by atoms with Crippen LogP contribution in [0.3, 0.4) is 0 Å². The van der Waals surface area contributed by atoms with Crippen LogP contribution in [0.25, 0.3) is 0 Å². The molecule has 0 aliphatic heterocycles. The first kappa shape index (κ1) is 9.04. The highest BCUT2D eigenvalue weighted by Crippen LogP contribution is 2.30. The molecule has 1 aliphatic rings. The smallest absolute Gasteiger partial charge is 0.146 e. The predicted molar refractivity (Wildman–Crippen MR) is 41.5 cm³/mol. The van der Waals surface area contributed by atoms with Crippen LogP contribution in [-0.2, 0) is 9.47 Å². The molecule has 0 heterocycles. The SMILES string of the molecule is [B]C1CC(O)C(OCOC)C1. The van der Waals surface area contributed by atoms with Crippen LogP contribution in [0.5, 0.6) is 0 Å². The summed E-state index contributed by atoms with van der Waals surface area (Å²) in [5.74, 6) is 0.0758. The Hall–Kier alpha value is -0.0551. The van der Waals surface area contributed by atoms with Crippen molar-refractivity contribution < 1.29 is 14.6 Å². The quantitative estimate of drug-likeness (QED) is 0.464. The zero-order valence-electron chi connectivity index (χ0n) is 6.69. The number of hydrogen-bond donors (Lipinski definition) is 1. The molecule has 11 heavy (non-hydrogen) atoms. The van der Waals surface area contributed by atoms with E-state index in [0.29, 0.717) is 6.42 Å². The highest BCUT2D eigenvalue weighted by atomic mass is 16.7. The maximum atomic E-state index is 9.33. The van der Waals surface area contributed by atoms with E-state index < -0.39 is 6.10 Å². The molecule has 0 saturated heterocycles. The Morgan fingerprint density at radius 1 is 1.55 bits per heavy atom. The molecular weight excluding hydrogens is 143 g/mol. The molecule has 1 fully saturated rings. The zero-order chi connectivity index (χ0) is 8.27. The second-order valence-corrected chi connectivity index (χ2v) is 2.91. The fraction of sp³-hybridized carbons (Fsp3) is 1.00. The van der Waals surface area contributed by atoms with Gasteiger partial charge in [0.25, 0.3) is 0 Å². The Morgan fingerprint density at radius 2 is 2.27 bits per heavy atom. The van der Waals surface area contributed by atoms with E-state index in [9.17, 15) is 5.11 Å². The van der Waals surface area contributed by atoms with Crippen molar-refractivity contribution in [3.8, 4) is 0 Å². The molecule has 1 aliphatic carbocycles. The van der Waals surface area contributed by atoms with Crippen LogP contribution in [-0.4, -0.2) is 39.1 Å². The molecule has 1 N–H and O–H groups in total. The Morgan fingerprint density at radius 3 is 2.73 bits per heavy atom. The molecule has 0 aromatic rings. The first-order valence-corrected chi connectivity index (χ1v) is 3.78. The molecule has 3 unspecified atom stereocenters. The first-order valence-electron chi connectivity index (χ1n) is 3.78. The van der Waals surface area contributed by atoms with Crippen LogP contribution in [0, 0.1) is 0 Å². The fourth-order valence-corrected chi connectivity index (χ4v) is 1.35. The van der Waals surface area contributed by atoms with Crippen molar-refractivity contribution in [1.29, 1.82) is 0 Å². The Kier molecular flexibility index (Phi) is 3.36. The van der Waals surface area contributed by atoms with Crippen LogP contribution < -0.4 is 0 Å². The Bertz CT molecular complexity index is 120. The maximum Gasteiger partial charge on any atom is 0.146 e. The van der Waals surface area contributed by atoms with Crippen molar-refractivity contribution in [3.05, 3.63) is 0 Å². The van der Waals surface area contributed by atoms with Gasteiger partial charge in [0.1, 0.15) is 6.79 Å². The average molecular weight is 156 g/mol. The molecule has 3 nitrogen and oxygen atoms in total. The normalized spacial score (nSPS) is 37.8. The second kappa shape index (κ2) is 4.09. The summed E-state index contributed by atoms with van der Waals surface area (Å²) >= 11 is 0. The van der Waals surface area contributed by atoms with Gasteiger partial charge in [-0.3, -0.25) is 0 Å². The van der Waals surface area contributed by atoms with Gasteiger partial charge in [-0.2, -0.15) is 0 Å². The van der Waals surface area contributed by atoms with Crippen LogP contribution in [0.1, 0.15) is 12.8 Å². The number of aliphatic hydroxyl groups excluding tert-OH is 1. The lowest BCUT2D eigenvalue weighted by molar-refractivity contribution is -0.101. The van der Waals surface area contributed by atoms with Crippen LogP contribution in [0.15, 0.2) is 0 Å². The van der Waals surface area contributed by atoms with Crippen molar-refractivity contribution in [2.75, 3.05) is 13.9 Å². The van der Waals surface area contributed by atoms with Crippen molar-refractivity contribution in [2.45, 2.75) is 30.9 Å². The summed E-state index contributed by atoms with van der Waals surface area (Å²) in [6.45, 7) is 0.231. The third-order valence-electron chi connectivity index (χ3n) is 1.91. The Labute approximate surface area is 68.1 Å². The summed E-state index contributed by atoms with van der Waals surface area (Å²) in [7, 11) is 7.16. The highest BCUT2D eigenvalue weighted by molar-refractivity contribution is 6.11. The molecule has 0 bridgehead atoms. The van der Waals surface area contributed by atoms with Gasteiger partial charge < -0.3 is 14.6 Å². The maximum absolute atomic E-state index is 9.33. The summed E-state index contributed by atoms with van der Waals surface area (Å²) < 4.78 is 9.90. The van der Waals surface area contributed by atoms with Crippen LogP contribution in [0.2, 0.25) is 5.82 Å². The minimum Gasteiger partial charge on any atom is -0.390 e. The van der Waals surface area contributed by atoms with E-state index in [4.69, 9.17) is 17.3 Å². The van der Waals surface area contributed by atoms with Gasteiger partial charge in [0, 0.05) is 7.11 Å². The number of ether oxygens (including phenoxy) is 2. The lowest BCUT2D eigenvalue weighted by atomic mass is 9.86. The van der Waals surface area contributed by atoms with E-state index in [-0.39, 0.29) is 18.7 Å². The fourth-order valence-electron chi connectivity index (χ4n) is 1.35. The molecule has 2 radical (unpaired) electrons. The predicted octanol–water partition coefficient (Wildman–Crippen LogP) is 0.0872. The number of rotatable bonds is 3. The topological polar surface area (TPSA) is 38.7 Å². The van der Waals surface area contributed by atoms with E-state index in [1.807, 2.05) is 0 Å². The molecule has 62 valence electrons. The lowest BCUT2D eigenvalue weighted by Gasteiger charge is -2.14. The summed E-state index contributed by atoms with van der Waals surface area (Å²) in [4.78, 5) is 0. The zero-order valence-corrected chi connectivity index (χ0v) is 6.69. The third-order valence-corrected chi connectivity index (χ3v) is 1.91. The number of aliphatic hydroxyl groups is 1. The summed E-state index contributed by atoms with van der Waals surface area (Å²) in [6, 6.07) is 0. The molecule has 4 heteroatoms. The highest BCUT2D eigenvalue weighted by Gasteiger charge is 2.30. The van der Waals surface area contributed by atoms with Gasteiger partial charge in [-0.1, -0.05) is 5.82 Å². The van der Waals surface area contributed by atoms with Crippen molar-refractivity contribution in [3.63, 3.8) is 0 Å². The van der Waals surface area contributed by atoms with Crippen LogP contribution in [0.4, 0.5) is 0 Å². The standard InChI is InChI=1S/C7H13BO3/c1-10-4-11-7-3-5(8)2-6(7)9/h5-7,9H,2-4H2,1H3. The van der Waals surface area contributed by atoms with Gasteiger partial charge in [-0.05, 0) is 12.8 Å². The van der Waals surface area contributed by atoms with E-state index >= 15 is 0 Å². The van der Waals surface area contributed by atoms with Crippen molar-refractivity contribution in [1.82, 2.24) is 0 Å².